The Labute approximate surface area is 359 Å². The molecule has 0 spiro atoms. The molecule has 0 aromatic heterocycles. The highest BCUT2D eigenvalue weighted by Crippen LogP contribution is 2.60. The molecule has 0 nitrogen and oxygen atoms in total. The predicted molar refractivity (Wildman–Crippen MR) is 261 cm³/mol. The fourth-order valence-electron chi connectivity index (χ4n) is 11.7. The SMILES string of the molecule is c1ccc2c(c1)C(=C1c3cc4ccccc4cc3-c3cc4ccccc4cc31)c1cc3c(cc1-2)C(=C1c2cc4ccccc4cc2-c2cc4ccccc4cc21)c1ccccc1-3. The maximum absolute atomic E-state index is 2.55. The number of hydrogen-bond acceptors (Lipinski definition) is 0. The van der Waals surface area contributed by atoms with Crippen LogP contribution in [0.4, 0.5) is 0 Å². The summed E-state index contributed by atoms with van der Waals surface area (Å²) in [5, 5.41) is 10.2. The van der Waals surface area contributed by atoms with E-state index in [-0.39, 0.29) is 0 Å². The average Bonchev–Trinajstić information content (AvgIpc) is 4.01. The van der Waals surface area contributed by atoms with E-state index in [1.807, 2.05) is 0 Å². The molecule has 282 valence electrons. The van der Waals surface area contributed by atoms with Gasteiger partial charge >= 0.3 is 0 Å². The molecule has 4 aliphatic rings. The molecule has 0 heterocycles. The van der Waals surface area contributed by atoms with Crippen LogP contribution in [0, 0.1) is 0 Å². The van der Waals surface area contributed by atoms with Crippen LogP contribution < -0.4 is 0 Å². The molecule has 0 amide bonds. The van der Waals surface area contributed by atoms with Crippen LogP contribution in [0.5, 0.6) is 0 Å². The molecule has 0 saturated heterocycles. The van der Waals surface area contributed by atoms with Gasteiger partial charge in [-0.1, -0.05) is 146 Å². The molecule has 0 unspecified atom stereocenters. The first-order valence-electron chi connectivity index (χ1n) is 21.7. The first-order valence-corrected chi connectivity index (χ1v) is 21.7. The van der Waals surface area contributed by atoms with Gasteiger partial charge in [0.05, 0.1) is 0 Å². The highest BCUT2D eigenvalue weighted by Gasteiger charge is 2.38. The van der Waals surface area contributed by atoms with Gasteiger partial charge in [-0.15, -0.1) is 0 Å². The van der Waals surface area contributed by atoms with E-state index in [4.69, 9.17) is 0 Å². The van der Waals surface area contributed by atoms with Gasteiger partial charge in [0.1, 0.15) is 0 Å². The zero-order valence-electron chi connectivity index (χ0n) is 33.6. The van der Waals surface area contributed by atoms with E-state index in [1.54, 1.807) is 0 Å². The fraction of sp³-hybridized carbons (Fsp3) is 0. The van der Waals surface area contributed by atoms with Crippen LogP contribution in [0.1, 0.15) is 44.5 Å². The second-order valence-corrected chi connectivity index (χ2v) is 17.5. The highest BCUT2D eigenvalue weighted by molar-refractivity contribution is 6.25. The first kappa shape index (κ1) is 32.8. The van der Waals surface area contributed by atoms with Gasteiger partial charge in [0.2, 0.25) is 0 Å². The van der Waals surface area contributed by atoms with Crippen LogP contribution in [0.15, 0.2) is 206 Å². The van der Waals surface area contributed by atoms with Crippen molar-refractivity contribution in [2.24, 2.45) is 0 Å². The normalized spacial score (nSPS) is 13.7. The summed E-state index contributed by atoms with van der Waals surface area (Å²) in [6, 6.07) is 78.2. The maximum atomic E-state index is 2.55. The van der Waals surface area contributed by atoms with Crippen LogP contribution in [0.2, 0.25) is 0 Å². The second kappa shape index (κ2) is 11.8. The van der Waals surface area contributed by atoms with E-state index in [2.05, 4.69) is 206 Å². The van der Waals surface area contributed by atoms with Gasteiger partial charge in [0, 0.05) is 0 Å². The van der Waals surface area contributed by atoms with Crippen molar-refractivity contribution in [2.75, 3.05) is 0 Å². The van der Waals surface area contributed by atoms with Crippen molar-refractivity contribution in [1.29, 1.82) is 0 Å². The van der Waals surface area contributed by atoms with Crippen molar-refractivity contribution in [1.82, 2.24) is 0 Å². The van der Waals surface area contributed by atoms with E-state index >= 15 is 0 Å². The topological polar surface area (TPSA) is 0 Å². The van der Waals surface area contributed by atoms with Crippen LogP contribution in [-0.2, 0) is 0 Å². The minimum Gasteiger partial charge on any atom is -0.0616 e. The molecular formula is C62H34. The van der Waals surface area contributed by atoms with E-state index < -0.39 is 0 Å². The van der Waals surface area contributed by atoms with Gasteiger partial charge in [0.15, 0.2) is 0 Å². The predicted octanol–water partition coefficient (Wildman–Crippen LogP) is 16.2. The molecule has 0 radical (unpaired) electrons. The summed E-state index contributed by atoms with van der Waals surface area (Å²) in [7, 11) is 0. The lowest BCUT2D eigenvalue weighted by Crippen LogP contribution is -1.93. The molecule has 0 aliphatic heterocycles. The smallest absolute Gasteiger partial charge is 0.00134 e. The Morgan fingerprint density at radius 2 is 0.306 bits per heavy atom. The molecule has 4 aliphatic carbocycles. The lowest BCUT2D eigenvalue weighted by molar-refractivity contribution is 1.60. The van der Waals surface area contributed by atoms with Gasteiger partial charge in [-0.3, -0.25) is 0 Å². The van der Waals surface area contributed by atoms with E-state index in [1.165, 1.54) is 154 Å². The molecule has 0 heteroatoms. The summed E-state index contributed by atoms with van der Waals surface area (Å²) in [4.78, 5) is 0. The van der Waals surface area contributed by atoms with Crippen LogP contribution in [-0.4, -0.2) is 0 Å². The molecule has 11 aromatic rings. The Morgan fingerprint density at radius 3 is 0.581 bits per heavy atom. The molecule has 0 atom stereocenters. The first-order chi connectivity index (χ1) is 30.7. The van der Waals surface area contributed by atoms with Crippen molar-refractivity contribution >= 4 is 65.4 Å². The molecular weight excluding hydrogens is 745 g/mol. The number of rotatable bonds is 0. The molecule has 0 N–H and O–H groups in total. The van der Waals surface area contributed by atoms with Gasteiger partial charge in [0.25, 0.3) is 0 Å². The summed E-state index contributed by atoms with van der Waals surface area (Å²) in [5.74, 6) is 0. The molecule has 0 saturated carbocycles. The number of fused-ring (bicyclic) bond motifs is 16. The van der Waals surface area contributed by atoms with Gasteiger partial charge in [-0.2, -0.15) is 0 Å². The van der Waals surface area contributed by atoms with Crippen LogP contribution >= 0.6 is 0 Å². The van der Waals surface area contributed by atoms with Crippen molar-refractivity contribution < 1.29 is 0 Å². The molecule has 0 fully saturated rings. The largest absolute Gasteiger partial charge is 0.0616 e. The zero-order valence-corrected chi connectivity index (χ0v) is 33.6. The average molecular weight is 779 g/mol. The standard InChI is InChI=1S/C62H34/c1-5-17-39-29-53-47(25-35(39)13-1)48-26-36-14-2-6-18-40(36)30-54(48)61(53)59-45-23-11-9-21-43(45)51-34-58-52(33-57(51)59)44-22-10-12-24-46(44)60(58)62-55-31-41-19-7-3-15-37(41)27-49(55)50-28-38-16-4-8-20-42(38)32-56(50)62/h1-34H. The zero-order chi connectivity index (χ0) is 40.2. The van der Waals surface area contributed by atoms with Crippen molar-refractivity contribution in [2.45, 2.75) is 0 Å². The minimum atomic E-state index is 1.27. The Morgan fingerprint density at radius 1 is 0.129 bits per heavy atom. The summed E-state index contributed by atoms with van der Waals surface area (Å²) in [6.45, 7) is 0. The number of hydrogen-bond donors (Lipinski definition) is 0. The third kappa shape index (κ3) is 4.26. The lowest BCUT2D eigenvalue weighted by Gasteiger charge is -2.15. The van der Waals surface area contributed by atoms with E-state index in [0.29, 0.717) is 0 Å². The maximum Gasteiger partial charge on any atom is -0.00134 e. The van der Waals surface area contributed by atoms with Gasteiger partial charge in [-0.25, -0.2) is 0 Å². The molecule has 62 heavy (non-hydrogen) atoms. The third-order valence-electron chi connectivity index (χ3n) is 14.4. The van der Waals surface area contributed by atoms with Gasteiger partial charge in [-0.05, 0) is 215 Å². The van der Waals surface area contributed by atoms with Crippen molar-refractivity contribution in [3.63, 3.8) is 0 Å². The fourth-order valence-corrected chi connectivity index (χ4v) is 11.7. The van der Waals surface area contributed by atoms with Crippen LogP contribution in [0.25, 0.3) is 110 Å². The minimum absolute atomic E-state index is 1.27. The molecule has 0 bridgehead atoms. The van der Waals surface area contributed by atoms with Gasteiger partial charge < -0.3 is 0 Å². The van der Waals surface area contributed by atoms with E-state index in [9.17, 15) is 0 Å². The van der Waals surface area contributed by atoms with Crippen molar-refractivity contribution in [3.05, 3.63) is 251 Å². The van der Waals surface area contributed by atoms with Crippen LogP contribution in [0.3, 0.4) is 0 Å². The summed E-state index contributed by atoms with van der Waals surface area (Å²) >= 11 is 0. The quantitative estimate of drug-likeness (QED) is 0.144. The third-order valence-corrected chi connectivity index (χ3v) is 14.4. The van der Waals surface area contributed by atoms with Crippen molar-refractivity contribution in [3.8, 4) is 44.5 Å². The summed E-state index contributed by atoms with van der Waals surface area (Å²) in [6.07, 6.45) is 0. The molecule has 11 aromatic carbocycles. The Kier molecular flexibility index (Phi) is 6.24. The second-order valence-electron chi connectivity index (χ2n) is 17.5. The highest BCUT2D eigenvalue weighted by atomic mass is 14.4. The Bertz CT molecular complexity index is 3530. The molecule has 15 rings (SSSR count). The summed E-state index contributed by atoms with van der Waals surface area (Å²) in [5.41, 5.74) is 26.3. The lowest BCUT2D eigenvalue weighted by atomic mass is 9.88. The Hall–Kier alpha value is -8.06. The summed E-state index contributed by atoms with van der Waals surface area (Å²) < 4.78 is 0. The van der Waals surface area contributed by atoms with E-state index in [0.717, 1.165) is 0 Å². The number of benzene rings is 11. The monoisotopic (exact) mass is 778 g/mol. The Balaban J connectivity index is 1.06.